The van der Waals surface area contributed by atoms with Crippen molar-refractivity contribution >= 4 is 5.91 Å². The molecule has 0 aromatic carbocycles. The van der Waals surface area contributed by atoms with Gasteiger partial charge >= 0.3 is 0 Å². The molecule has 0 spiro atoms. The molecule has 1 atom stereocenters. The van der Waals surface area contributed by atoms with E-state index in [9.17, 15) is 9.90 Å². The zero-order valence-electron chi connectivity index (χ0n) is 13.0. The molecule has 0 aliphatic carbocycles. The second-order valence-electron chi connectivity index (χ2n) is 5.60. The summed E-state index contributed by atoms with van der Waals surface area (Å²) in [6, 6.07) is -0.358. The second kappa shape index (κ2) is 8.97. The van der Waals surface area contributed by atoms with Crippen LogP contribution in [0.5, 0.6) is 0 Å². The summed E-state index contributed by atoms with van der Waals surface area (Å²) in [4.78, 5) is 17.5. The second-order valence-corrected chi connectivity index (χ2v) is 5.60. The van der Waals surface area contributed by atoms with E-state index in [-0.39, 0.29) is 11.9 Å². The van der Waals surface area contributed by atoms with Crippen LogP contribution in [-0.4, -0.2) is 47.4 Å². The third kappa shape index (κ3) is 5.99. The Bertz CT molecular complexity index is 341. The van der Waals surface area contributed by atoms with Crippen molar-refractivity contribution < 1.29 is 14.7 Å². The number of hydrogen-bond donors (Lipinski definition) is 2. The van der Waals surface area contributed by atoms with Crippen LogP contribution in [0.4, 0.5) is 0 Å². The summed E-state index contributed by atoms with van der Waals surface area (Å²) in [5.74, 6) is -0.0803. The summed E-state index contributed by atoms with van der Waals surface area (Å²) in [7, 11) is 0. The summed E-state index contributed by atoms with van der Waals surface area (Å²) < 4.78 is 0. The Kier molecular flexibility index (Phi) is 7.64. The molecule has 0 aromatic rings. The molecule has 0 radical (unpaired) electrons. The number of rotatable bonds is 9. The van der Waals surface area contributed by atoms with Gasteiger partial charge in [0.25, 0.3) is 0 Å². The maximum Gasteiger partial charge on any atom is 0.221 e. The van der Waals surface area contributed by atoms with Crippen LogP contribution in [-0.2, 0) is 9.63 Å². The van der Waals surface area contributed by atoms with Crippen molar-refractivity contribution in [3.63, 3.8) is 0 Å². The Morgan fingerprint density at radius 2 is 2.10 bits per heavy atom. The van der Waals surface area contributed by atoms with Gasteiger partial charge in [0.05, 0.1) is 18.2 Å². The lowest BCUT2D eigenvalue weighted by atomic mass is 9.88. The maximum absolute atomic E-state index is 12.0. The lowest BCUT2D eigenvalue weighted by Crippen LogP contribution is -2.51. The molecular formula is C16H28N2O3. The molecule has 1 fully saturated rings. The number of hydrogen-bond acceptors (Lipinski definition) is 4. The molecular weight excluding hydrogens is 268 g/mol. The molecule has 0 bridgehead atoms. The average Bonchev–Trinajstić information content (AvgIpc) is 2.46. The maximum atomic E-state index is 12.0. The van der Waals surface area contributed by atoms with E-state index in [1.807, 2.05) is 12.0 Å². The van der Waals surface area contributed by atoms with E-state index < -0.39 is 5.60 Å². The highest BCUT2D eigenvalue weighted by molar-refractivity contribution is 5.76. The van der Waals surface area contributed by atoms with Crippen molar-refractivity contribution in [1.29, 1.82) is 0 Å². The summed E-state index contributed by atoms with van der Waals surface area (Å²) in [6.45, 7) is 11.3. The van der Waals surface area contributed by atoms with E-state index in [1.165, 1.54) is 0 Å². The fourth-order valence-electron chi connectivity index (χ4n) is 2.44. The smallest absolute Gasteiger partial charge is 0.221 e. The Hall–Kier alpha value is -1.17. The molecule has 21 heavy (non-hydrogen) atoms. The highest BCUT2D eigenvalue weighted by Crippen LogP contribution is 2.21. The van der Waals surface area contributed by atoms with Crippen molar-refractivity contribution in [3.8, 4) is 0 Å². The van der Waals surface area contributed by atoms with Gasteiger partial charge in [-0.3, -0.25) is 9.63 Å². The Morgan fingerprint density at radius 3 is 2.62 bits per heavy atom. The van der Waals surface area contributed by atoms with Crippen LogP contribution < -0.4 is 5.32 Å². The highest BCUT2D eigenvalue weighted by Gasteiger charge is 2.32. The number of carbonyl (C=O) groups excluding carboxylic acids is 1. The third-order valence-electron chi connectivity index (χ3n) is 3.84. The molecule has 2 N–H and O–H groups in total. The summed E-state index contributed by atoms with van der Waals surface area (Å²) in [5, 5.41) is 15.3. The summed E-state index contributed by atoms with van der Waals surface area (Å²) in [6.07, 6.45) is 6.70. The number of amides is 1. The average molecular weight is 296 g/mol. The SMILES string of the molecule is C=CCC(O)(CC=C)[C@@H](C)NC(=O)CCN1CCCCO1. The van der Waals surface area contributed by atoms with Crippen LogP contribution in [0, 0.1) is 0 Å². The van der Waals surface area contributed by atoms with Crippen LogP contribution in [0.25, 0.3) is 0 Å². The van der Waals surface area contributed by atoms with Crippen LogP contribution in [0.1, 0.15) is 39.0 Å². The van der Waals surface area contributed by atoms with Crippen molar-refractivity contribution in [2.75, 3.05) is 19.7 Å². The number of nitrogens with one attached hydrogen (secondary N) is 1. The molecule has 1 saturated heterocycles. The number of hydroxylamine groups is 2. The van der Waals surface area contributed by atoms with E-state index in [0.29, 0.717) is 25.8 Å². The van der Waals surface area contributed by atoms with Crippen molar-refractivity contribution in [3.05, 3.63) is 25.3 Å². The molecule has 1 aliphatic rings. The van der Waals surface area contributed by atoms with Gasteiger partial charge in [-0.05, 0) is 32.6 Å². The number of aliphatic hydroxyl groups is 1. The minimum absolute atomic E-state index is 0.0803. The molecule has 5 nitrogen and oxygen atoms in total. The monoisotopic (exact) mass is 296 g/mol. The lowest BCUT2D eigenvalue weighted by Gasteiger charge is -2.33. The lowest BCUT2D eigenvalue weighted by molar-refractivity contribution is -0.181. The van der Waals surface area contributed by atoms with Crippen LogP contribution in [0.15, 0.2) is 25.3 Å². The van der Waals surface area contributed by atoms with Gasteiger partial charge in [0.2, 0.25) is 5.91 Å². The molecule has 0 aromatic heterocycles. The standard InChI is InChI=1S/C16H28N2O3/c1-4-9-16(20,10-5-2)14(3)17-15(19)8-12-18-11-6-7-13-21-18/h4-5,14,20H,1-2,6-13H2,3H3,(H,17,19)/t14-/m1/s1. The fourth-order valence-corrected chi connectivity index (χ4v) is 2.44. The minimum atomic E-state index is -1.03. The molecule has 1 aliphatic heterocycles. The summed E-state index contributed by atoms with van der Waals surface area (Å²) >= 11 is 0. The first-order valence-electron chi connectivity index (χ1n) is 7.63. The van der Waals surface area contributed by atoms with Crippen molar-refractivity contribution in [2.24, 2.45) is 0 Å². The topological polar surface area (TPSA) is 61.8 Å². The van der Waals surface area contributed by atoms with Gasteiger partial charge in [0.1, 0.15) is 0 Å². The van der Waals surface area contributed by atoms with Crippen LogP contribution in [0.2, 0.25) is 0 Å². The zero-order chi connectivity index (χ0) is 15.7. The van der Waals surface area contributed by atoms with Gasteiger partial charge in [0.15, 0.2) is 0 Å². The molecule has 0 unspecified atom stereocenters. The first-order chi connectivity index (χ1) is 10.0. The largest absolute Gasteiger partial charge is 0.387 e. The number of nitrogens with zero attached hydrogens (tertiary/aromatic N) is 1. The van der Waals surface area contributed by atoms with Gasteiger partial charge < -0.3 is 10.4 Å². The Labute approximate surface area is 127 Å². The van der Waals surface area contributed by atoms with Gasteiger partial charge in [-0.25, -0.2) is 0 Å². The molecule has 1 amide bonds. The van der Waals surface area contributed by atoms with Crippen LogP contribution >= 0.6 is 0 Å². The first kappa shape index (κ1) is 17.9. The third-order valence-corrected chi connectivity index (χ3v) is 3.84. The highest BCUT2D eigenvalue weighted by atomic mass is 16.7. The molecule has 1 heterocycles. The molecule has 0 saturated carbocycles. The van der Waals surface area contributed by atoms with Crippen LogP contribution in [0.3, 0.4) is 0 Å². The minimum Gasteiger partial charge on any atom is -0.387 e. The van der Waals surface area contributed by atoms with Gasteiger partial charge in [-0.2, -0.15) is 5.06 Å². The van der Waals surface area contributed by atoms with Gasteiger partial charge in [0, 0.05) is 19.5 Å². The molecule has 5 heteroatoms. The zero-order valence-corrected chi connectivity index (χ0v) is 13.0. The van der Waals surface area contributed by atoms with Crippen molar-refractivity contribution in [2.45, 2.75) is 50.7 Å². The predicted molar refractivity (Wildman–Crippen MR) is 83.6 cm³/mol. The van der Waals surface area contributed by atoms with E-state index in [4.69, 9.17) is 4.84 Å². The van der Waals surface area contributed by atoms with Crippen molar-refractivity contribution in [1.82, 2.24) is 10.4 Å². The fraction of sp³-hybridized carbons (Fsp3) is 0.688. The van der Waals surface area contributed by atoms with Gasteiger partial charge in [-0.15, -0.1) is 13.2 Å². The van der Waals surface area contributed by atoms with E-state index in [0.717, 1.165) is 26.0 Å². The predicted octanol–water partition coefficient (Wildman–Crippen LogP) is 1.79. The molecule has 1 rings (SSSR count). The molecule has 120 valence electrons. The Morgan fingerprint density at radius 1 is 1.43 bits per heavy atom. The number of carbonyl (C=O) groups is 1. The first-order valence-corrected chi connectivity index (χ1v) is 7.63. The summed E-state index contributed by atoms with van der Waals surface area (Å²) in [5.41, 5.74) is -1.03. The van der Waals surface area contributed by atoms with E-state index in [1.54, 1.807) is 12.2 Å². The quantitative estimate of drug-likeness (QED) is 0.637. The van der Waals surface area contributed by atoms with Gasteiger partial charge in [-0.1, -0.05) is 12.2 Å². The van der Waals surface area contributed by atoms with E-state index in [2.05, 4.69) is 18.5 Å². The van der Waals surface area contributed by atoms with E-state index >= 15 is 0 Å². The Balaban J connectivity index is 2.40. The normalized spacial score (nSPS) is 18.0.